The molecule has 0 aromatic heterocycles. The minimum atomic E-state index is -0.808. The van der Waals surface area contributed by atoms with E-state index in [1.165, 1.54) is 12.1 Å². The molecule has 2 amide bonds. The van der Waals surface area contributed by atoms with Gasteiger partial charge in [0.15, 0.2) is 0 Å². The third kappa shape index (κ3) is 2.00. The predicted molar refractivity (Wildman–Crippen MR) is 78.3 cm³/mol. The van der Waals surface area contributed by atoms with E-state index < -0.39 is 33.9 Å². The van der Waals surface area contributed by atoms with Gasteiger partial charge in [-0.1, -0.05) is 12.1 Å². The minimum absolute atomic E-state index is 0.125. The van der Waals surface area contributed by atoms with Crippen LogP contribution in [0.3, 0.4) is 0 Å². The lowest BCUT2D eigenvalue weighted by Gasteiger charge is -2.14. The molecule has 1 aliphatic heterocycles. The number of carbonyl (C=O) groups is 2. The number of nitrogens with zero attached hydrogens (tertiary/aromatic N) is 2. The molecule has 6 nitrogen and oxygen atoms in total. The number of amides is 2. The van der Waals surface area contributed by atoms with Gasteiger partial charge >= 0.3 is 0 Å². The first-order chi connectivity index (χ1) is 10.4. The second kappa shape index (κ2) is 4.99. The molecule has 0 radical (unpaired) electrons. The number of anilines is 1. The van der Waals surface area contributed by atoms with E-state index in [-0.39, 0.29) is 15.6 Å². The van der Waals surface area contributed by atoms with Crippen LogP contribution in [-0.2, 0) is 0 Å². The molecule has 110 valence electrons. The predicted octanol–water partition coefficient (Wildman–Crippen LogP) is 3.30. The van der Waals surface area contributed by atoms with Gasteiger partial charge in [0.25, 0.3) is 17.5 Å². The van der Waals surface area contributed by atoms with E-state index in [2.05, 4.69) is 15.9 Å². The van der Waals surface area contributed by atoms with E-state index in [1.807, 2.05) is 0 Å². The first-order valence-electron chi connectivity index (χ1n) is 6.03. The molecule has 0 bridgehead atoms. The summed E-state index contributed by atoms with van der Waals surface area (Å²) in [5.74, 6) is -2.24. The summed E-state index contributed by atoms with van der Waals surface area (Å²) in [4.78, 5) is 35.6. The Kier molecular flexibility index (Phi) is 3.25. The summed E-state index contributed by atoms with van der Waals surface area (Å²) in [6.07, 6.45) is 0. The van der Waals surface area contributed by atoms with Crippen LogP contribution in [0.25, 0.3) is 0 Å². The highest BCUT2D eigenvalue weighted by atomic mass is 79.9. The number of nitro groups is 1. The Hall–Kier alpha value is -2.61. The number of halogens is 2. The molecule has 0 saturated heterocycles. The number of rotatable bonds is 2. The van der Waals surface area contributed by atoms with Gasteiger partial charge in [0.2, 0.25) is 0 Å². The molecule has 0 atom stereocenters. The van der Waals surface area contributed by atoms with Gasteiger partial charge in [-0.25, -0.2) is 9.29 Å². The van der Waals surface area contributed by atoms with Gasteiger partial charge < -0.3 is 0 Å². The van der Waals surface area contributed by atoms with Crippen LogP contribution in [0.1, 0.15) is 20.7 Å². The highest BCUT2D eigenvalue weighted by Gasteiger charge is 2.40. The fourth-order valence-corrected chi connectivity index (χ4v) is 2.59. The lowest BCUT2D eigenvalue weighted by atomic mass is 10.1. The second-order valence-electron chi connectivity index (χ2n) is 4.50. The Balaban J connectivity index is 2.22. The molecule has 3 rings (SSSR count). The van der Waals surface area contributed by atoms with Gasteiger partial charge in [-0.3, -0.25) is 19.7 Å². The lowest BCUT2D eigenvalue weighted by molar-refractivity contribution is -0.384. The second-order valence-corrected chi connectivity index (χ2v) is 5.36. The summed E-state index contributed by atoms with van der Waals surface area (Å²) < 4.78 is 13.6. The van der Waals surface area contributed by atoms with E-state index in [1.54, 1.807) is 12.1 Å². The van der Waals surface area contributed by atoms with Gasteiger partial charge in [-0.2, -0.15) is 0 Å². The van der Waals surface area contributed by atoms with Crippen molar-refractivity contribution in [2.45, 2.75) is 0 Å². The summed E-state index contributed by atoms with van der Waals surface area (Å²) in [6, 6.07) is 7.75. The zero-order valence-corrected chi connectivity index (χ0v) is 12.3. The summed E-state index contributed by atoms with van der Waals surface area (Å²) in [6.45, 7) is 0. The minimum Gasteiger partial charge on any atom is -0.268 e. The van der Waals surface area contributed by atoms with Crippen LogP contribution in [0.4, 0.5) is 15.8 Å². The van der Waals surface area contributed by atoms with Gasteiger partial charge in [-0.05, 0) is 28.1 Å². The van der Waals surface area contributed by atoms with Crippen molar-refractivity contribution >= 4 is 39.1 Å². The lowest BCUT2D eigenvalue weighted by Crippen LogP contribution is -2.30. The maximum atomic E-state index is 13.7. The van der Waals surface area contributed by atoms with Gasteiger partial charge in [0, 0.05) is 12.1 Å². The van der Waals surface area contributed by atoms with Crippen molar-refractivity contribution in [3.8, 4) is 0 Å². The van der Waals surface area contributed by atoms with Gasteiger partial charge in [-0.15, -0.1) is 0 Å². The molecule has 1 aliphatic rings. The zero-order valence-electron chi connectivity index (χ0n) is 10.7. The van der Waals surface area contributed by atoms with E-state index in [4.69, 9.17) is 0 Å². The third-order valence-corrected chi connectivity index (χ3v) is 3.86. The fourth-order valence-electron chi connectivity index (χ4n) is 2.26. The Morgan fingerprint density at radius 3 is 2.14 bits per heavy atom. The van der Waals surface area contributed by atoms with E-state index in [0.29, 0.717) is 4.90 Å². The zero-order chi connectivity index (χ0) is 16.0. The number of hydrogen-bond donors (Lipinski definition) is 0. The molecule has 2 aromatic carbocycles. The molecule has 0 unspecified atom stereocenters. The van der Waals surface area contributed by atoms with Gasteiger partial charge in [0.05, 0.1) is 20.5 Å². The molecule has 0 spiro atoms. The molecular formula is C14H6BrFN2O4. The van der Waals surface area contributed by atoms with Gasteiger partial charge in [0.1, 0.15) is 11.5 Å². The number of fused-ring (bicyclic) bond motifs is 1. The van der Waals surface area contributed by atoms with E-state index >= 15 is 0 Å². The maximum absolute atomic E-state index is 13.7. The van der Waals surface area contributed by atoms with Crippen LogP contribution in [0, 0.1) is 15.9 Å². The number of imide groups is 1. The molecule has 1 heterocycles. The van der Waals surface area contributed by atoms with Crippen molar-refractivity contribution in [1.29, 1.82) is 0 Å². The largest absolute Gasteiger partial charge is 0.294 e. The summed E-state index contributed by atoms with van der Waals surface area (Å²) in [7, 11) is 0. The molecule has 0 fully saturated rings. The summed E-state index contributed by atoms with van der Waals surface area (Å²) in [5.41, 5.74) is -0.671. The van der Waals surface area contributed by atoms with Crippen LogP contribution in [0.2, 0.25) is 0 Å². The molecule has 0 saturated carbocycles. The van der Waals surface area contributed by atoms with Crippen LogP contribution < -0.4 is 4.90 Å². The number of hydrogen-bond acceptors (Lipinski definition) is 4. The Morgan fingerprint density at radius 1 is 1.09 bits per heavy atom. The quantitative estimate of drug-likeness (QED) is 0.465. The van der Waals surface area contributed by atoms with Crippen molar-refractivity contribution in [3.63, 3.8) is 0 Å². The molecule has 2 aromatic rings. The van der Waals surface area contributed by atoms with Crippen LogP contribution >= 0.6 is 15.9 Å². The number of carbonyl (C=O) groups excluding carboxylic acids is 2. The Bertz CT molecular complexity index is 818. The first kappa shape index (κ1) is 14.3. The highest BCUT2D eigenvalue weighted by Crippen LogP contribution is 2.37. The van der Waals surface area contributed by atoms with Crippen molar-refractivity contribution in [2.24, 2.45) is 0 Å². The molecule has 0 N–H and O–H groups in total. The van der Waals surface area contributed by atoms with Crippen LogP contribution in [-0.4, -0.2) is 16.7 Å². The highest BCUT2D eigenvalue weighted by molar-refractivity contribution is 9.10. The summed E-state index contributed by atoms with van der Waals surface area (Å²) >= 11 is 2.85. The maximum Gasteiger partial charge on any atom is 0.294 e. The molecule has 0 aliphatic carbocycles. The topological polar surface area (TPSA) is 80.5 Å². The molecule has 8 heteroatoms. The average molecular weight is 365 g/mol. The normalized spacial score (nSPS) is 13.5. The fraction of sp³-hybridized carbons (Fsp3) is 0. The molecular weight excluding hydrogens is 359 g/mol. The monoisotopic (exact) mass is 364 g/mol. The smallest absolute Gasteiger partial charge is 0.268 e. The van der Waals surface area contributed by atoms with E-state index in [9.17, 15) is 24.1 Å². The van der Waals surface area contributed by atoms with Crippen LogP contribution in [0.5, 0.6) is 0 Å². The van der Waals surface area contributed by atoms with Crippen molar-refractivity contribution in [2.75, 3.05) is 4.90 Å². The Morgan fingerprint density at radius 2 is 1.64 bits per heavy atom. The number of benzene rings is 2. The average Bonchev–Trinajstić information content (AvgIpc) is 2.74. The van der Waals surface area contributed by atoms with Crippen molar-refractivity contribution in [1.82, 2.24) is 0 Å². The molecule has 22 heavy (non-hydrogen) atoms. The van der Waals surface area contributed by atoms with E-state index in [0.717, 1.165) is 12.1 Å². The SMILES string of the molecule is O=C1c2ccccc2C(=O)N1c1cc(F)c(Br)cc1[N+](=O)[O-]. The standard InChI is InChI=1S/C14H6BrFN2O4/c15-9-5-12(18(21)22)11(6-10(9)16)17-13(19)7-3-1-2-4-8(7)14(17)20/h1-6H. The Labute approximate surface area is 131 Å². The van der Waals surface area contributed by atoms with Crippen LogP contribution in [0.15, 0.2) is 40.9 Å². The van der Waals surface area contributed by atoms with Crippen molar-refractivity contribution in [3.05, 3.63) is 67.9 Å². The third-order valence-electron chi connectivity index (χ3n) is 3.25. The first-order valence-corrected chi connectivity index (χ1v) is 6.82. The van der Waals surface area contributed by atoms with Crippen molar-refractivity contribution < 1.29 is 18.9 Å². The number of nitro benzene ring substituents is 1. The summed E-state index contributed by atoms with van der Waals surface area (Å²) in [5, 5.41) is 11.1.